The molecular formula is C27H25N4O3S+. The first-order chi connectivity index (χ1) is 17.0. The maximum Gasteiger partial charge on any atom is 0.415 e. The number of aromatic nitrogens is 2. The fraction of sp³-hybridized carbons (Fsp3) is 0.148. The van der Waals surface area contributed by atoms with Crippen LogP contribution < -0.4 is 16.0 Å². The van der Waals surface area contributed by atoms with Crippen LogP contribution in [0.3, 0.4) is 0 Å². The van der Waals surface area contributed by atoms with Crippen molar-refractivity contribution in [2.45, 2.75) is 23.9 Å². The van der Waals surface area contributed by atoms with E-state index in [4.69, 9.17) is 10.5 Å². The summed E-state index contributed by atoms with van der Waals surface area (Å²) in [5.74, 6) is 0.550. The normalized spacial score (nSPS) is 12.9. The summed E-state index contributed by atoms with van der Waals surface area (Å²) in [6, 6.07) is 26.1. The van der Waals surface area contributed by atoms with Gasteiger partial charge in [-0.3, -0.25) is 9.36 Å². The minimum atomic E-state index is -0.492. The fourth-order valence-corrected chi connectivity index (χ4v) is 4.54. The van der Waals surface area contributed by atoms with Gasteiger partial charge in [0.1, 0.15) is 5.75 Å². The highest BCUT2D eigenvalue weighted by Crippen LogP contribution is 2.28. The van der Waals surface area contributed by atoms with E-state index in [1.807, 2.05) is 60.7 Å². The Morgan fingerprint density at radius 3 is 2.14 bits per heavy atom. The van der Waals surface area contributed by atoms with Gasteiger partial charge in [0, 0.05) is 12.1 Å². The number of hydrogen-bond acceptors (Lipinski definition) is 5. The SMILES string of the molecule is Nc1nc2c(c(=O)n1C(c1ccccc1)c1ccccc1)CCN(C(=O)Oc1ccc([SH2+])cc1)C2. The third kappa shape index (κ3) is 4.65. The van der Waals surface area contributed by atoms with Gasteiger partial charge in [-0.1, -0.05) is 60.7 Å². The van der Waals surface area contributed by atoms with Crippen molar-refractivity contribution in [1.82, 2.24) is 14.5 Å². The summed E-state index contributed by atoms with van der Waals surface area (Å²) in [6.45, 7) is 0.510. The highest BCUT2D eigenvalue weighted by Gasteiger charge is 2.29. The minimum Gasteiger partial charge on any atom is -0.410 e. The summed E-state index contributed by atoms with van der Waals surface area (Å²) >= 11 is 3.41. The number of hydrogen-bond donors (Lipinski definition) is 1. The monoisotopic (exact) mass is 485 g/mol. The fourth-order valence-electron chi connectivity index (χ4n) is 4.38. The van der Waals surface area contributed by atoms with Crippen LogP contribution in [0.2, 0.25) is 0 Å². The third-order valence-corrected chi connectivity index (χ3v) is 6.43. The lowest BCUT2D eigenvalue weighted by Crippen LogP contribution is -2.43. The van der Waals surface area contributed by atoms with Gasteiger partial charge in [-0.05, 0) is 54.4 Å². The molecule has 2 N–H and O–H groups in total. The lowest BCUT2D eigenvalue weighted by atomic mass is 9.97. The number of carbonyl (C=O) groups excluding carboxylic acids is 1. The average molecular weight is 486 g/mol. The molecule has 1 aliphatic rings. The van der Waals surface area contributed by atoms with E-state index in [1.165, 1.54) is 4.90 Å². The molecule has 0 spiro atoms. The maximum absolute atomic E-state index is 13.7. The molecule has 1 aliphatic heterocycles. The van der Waals surface area contributed by atoms with Gasteiger partial charge in [-0.2, -0.15) is 0 Å². The zero-order valence-electron chi connectivity index (χ0n) is 18.9. The first kappa shape index (κ1) is 22.7. The molecule has 8 heteroatoms. The third-order valence-electron chi connectivity index (χ3n) is 6.10. The van der Waals surface area contributed by atoms with Crippen LogP contribution in [-0.2, 0) is 25.6 Å². The molecule has 0 unspecified atom stereocenters. The Balaban J connectivity index is 1.48. The molecule has 5 rings (SSSR count). The molecule has 35 heavy (non-hydrogen) atoms. The first-order valence-corrected chi connectivity index (χ1v) is 11.8. The lowest BCUT2D eigenvalue weighted by molar-refractivity contribution is 0.145. The Bertz CT molecular complexity index is 1370. The summed E-state index contributed by atoms with van der Waals surface area (Å²) in [5.41, 5.74) is 9.15. The predicted octanol–water partition coefficient (Wildman–Crippen LogP) is 3.39. The largest absolute Gasteiger partial charge is 0.415 e. The number of benzene rings is 3. The van der Waals surface area contributed by atoms with Gasteiger partial charge in [0.2, 0.25) is 5.95 Å². The van der Waals surface area contributed by atoms with Gasteiger partial charge in [-0.15, -0.1) is 0 Å². The predicted molar refractivity (Wildman–Crippen MR) is 138 cm³/mol. The Morgan fingerprint density at radius 1 is 0.943 bits per heavy atom. The Hall–Kier alpha value is -4.04. The molecular weight excluding hydrogens is 460 g/mol. The van der Waals surface area contributed by atoms with Crippen molar-refractivity contribution in [2.24, 2.45) is 0 Å². The van der Waals surface area contributed by atoms with Gasteiger partial charge in [0.15, 0.2) is 4.90 Å². The summed E-state index contributed by atoms with van der Waals surface area (Å²) < 4.78 is 7.04. The van der Waals surface area contributed by atoms with Crippen molar-refractivity contribution in [2.75, 3.05) is 12.3 Å². The number of nitrogens with zero attached hydrogens (tertiary/aromatic N) is 3. The van der Waals surface area contributed by atoms with E-state index in [2.05, 4.69) is 17.6 Å². The number of carbonyl (C=O) groups is 1. The molecule has 0 saturated heterocycles. The Labute approximate surface area is 208 Å². The number of nitrogens with two attached hydrogens (primary N) is 1. The van der Waals surface area contributed by atoms with Crippen LogP contribution in [0.15, 0.2) is 94.6 Å². The van der Waals surface area contributed by atoms with Crippen LogP contribution in [0.4, 0.5) is 10.7 Å². The summed E-state index contributed by atoms with van der Waals surface area (Å²) in [7, 11) is 0. The van der Waals surface area contributed by atoms with Gasteiger partial charge in [-0.25, -0.2) is 9.78 Å². The zero-order chi connectivity index (χ0) is 24.4. The number of amides is 1. The van der Waals surface area contributed by atoms with Crippen molar-refractivity contribution in [3.05, 3.63) is 118 Å². The van der Waals surface area contributed by atoms with E-state index in [9.17, 15) is 9.59 Å². The average Bonchev–Trinajstić information content (AvgIpc) is 2.88. The molecule has 0 bridgehead atoms. The summed E-state index contributed by atoms with van der Waals surface area (Å²) in [4.78, 5) is 33.5. The quantitative estimate of drug-likeness (QED) is 0.448. The van der Waals surface area contributed by atoms with E-state index < -0.39 is 12.1 Å². The molecule has 4 aromatic rings. The molecule has 7 nitrogen and oxygen atoms in total. The topological polar surface area (TPSA) is 90.5 Å². The number of rotatable bonds is 4. The Kier molecular flexibility index (Phi) is 6.29. The molecule has 3 aromatic carbocycles. The molecule has 0 aliphatic carbocycles. The number of anilines is 1. The smallest absolute Gasteiger partial charge is 0.410 e. The van der Waals surface area contributed by atoms with Crippen LogP contribution in [0.25, 0.3) is 0 Å². The molecule has 0 atom stereocenters. The summed E-state index contributed by atoms with van der Waals surface area (Å²) in [6.07, 6.45) is -0.124. The number of nitrogen functional groups attached to an aromatic ring is 1. The minimum absolute atomic E-state index is 0.106. The molecule has 0 fully saturated rings. The van der Waals surface area contributed by atoms with Crippen LogP contribution in [0.5, 0.6) is 5.75 Å². The van der Waals surface area contributed by atoms with Crippen LogP contribution >= 0.6 is 0 Å². The highest BCUT2D eigenvalue weighted by atomic mass is 32.1. The van der Waals surface area contributed by atoms with Crippen LogP contribution in [0.1, 0.15) is 28.4 Å². The standard InChI is InChI=1S/C27H24N4O3S/c28-26-29-23-17-30(27(33)34-20-11-13-21(35)14-12-20)16-15-22(23)25(32)31(26)24(18-7-3-1-4-8-18)19-9-5-2-6-10-19/h1-14,24,35H,15-17H2,(H2,28,29)/p+1. The van der Waals surface area contributed by atoms with Crippen LogP contribution in [0, 0.1) is 0 Å². The van der Waals surface area contributed by atoms with E-state index in [-0.39, 0.29) is 18.1 Å². The maximum atomic E-state index is 13.7. The van der Waals surface area contributed by atoms with Gasteiger partial charge in [0.25, 0.3) is 5.56 Å². The van der Waals surface area contributed by atoms with Gasteiger partial charge in [0.05, 0.1) is 18.3 Å². The van der Waals surface area contributed by atoms with Crippen molar-refractivity contribution >= 4 is 24.7 Å². The van der Waals surface area contributed by atoms with Crippen molar-refractivity contribution < 1.29 is 9.53 Å². The molecule has 0 radical (unpaired) electrons. The molecule has 2 heterocycles. The highest BCUT2D eigenvalue weighted by molar-refractivity contribution is 7.58. The zero-order valence-corrected chi connectivity index (χ0v) is 19.9. The van der Waals surface area contributed by atoms with Crippen LogP contribution in [-0.4, -0.2) is 27.1 Å². The number of fused-ring (bicyclic) bond motifs is 1. The second kappa shape index (κ2) is 9.68. The van der Waals surface area contributed by atoms with Crippen molar-refractivity contribution in [3.63, 3.8) is 0 Å². The lowest BCUT2D eigenvalue weighted by Gasteiger charge is -2.29. The Morgan fingerprint density at radius 2 is 1.54 bits per heavy atom. The van der Waals surface area contributed by atoms with Crippen molar-refractivity contribution in [1.29, 1.82) is 0 Å². The van der Waals surface area contributed by atoms with E-state index in [0.29, 0.717) is 30.0 Å². The van der Waals surface area contributed by atoms with E-state index >= 15 is 0 Å². The molecule has 1 amide bonds. The molecule has 1 aromatic heterocycles. The first-order valence-electron chi connectivity index (χ1n) is 11.3. The second-order valence-electron chi connectivity index (χ2n) is 8.36. The number of ether oxygens (including phenoxy) is 1. The molecule has 176 valence electrons. The van der Waals surface area contributed by atoms with Gasteiger partial charge >= 0.3 is 6.09 Å². The molecule has 0 saturated carbocycles. The van der Waals surface area contributed by atoms with E-state index in [1.54, 1.807) is 28.8 Å². The summed E-state index contributed by atoms with van der Waals surface area (Å²) in [5, 5.41) is 0. The second-order valence-corrected chi connectivity index (χ2v) is 8.94. The van der Waals surface area contributed by atoms with Gasteiger partial charge < -0.3 is 15.4 Å². The van der Waals surface area contributed by atoms with E-state index in [0.717, 1.165) is 16.0 Å². The van der Waals surface area contributed by atoms with Crippen molar-refractivity contribution in [3.8, 4) is 5.75 Å².